The molecular formula is C18H16N4S. The van der Waals surface area contributed by atoms with Crippen molar-refractivity contribution in [1.29, 1.82) is 15.8 Å². The van der Waals surface area contributed by atoms with Crippen LogP contribution in [0.3, 0.4) is 0 Å². The molecule has 0 saturated heterocycles. The minimum absolute atomic E-state index is 0.00282. The van der Waals surface area contributed by atoms with Gasteiger partial charge in [-0.25, -0.2) is 0 Å². The van der Waals surface area contributed by atoms with E-state index in [4.69, 9.17) is 5.73 Å². The average molecular weight is 320 g/mol. The van der Waals surface area contributed by atoms with E-state index in [-0.39, 0.29) is 17.5 Å². The van der Waals surface area contributed by atoms with E-state index >= 15 is 0 Å². The summed E-state index contributed by atoms with van der Waals surface area (Å²) in [4.78, 5) is 2.14. The lowest BCUT2D eigenvalue weighted by Gasteiger charge is -2.42. The lowest BCUT2D eigenvalue weighted by molar-refractivity contribution is 0.321. The van der Waals surface area contributed by atoms with Crippen LogP contribution < -0.4 is 5.73 Å². The second kappa shape index (κ2) is 5.58. The smallest absolute Gasteiger partial charge is 0.192 e. The van der Waals surface area contributed by atoms with Crippen molar-refractivity contribution in [3.05, 3.63) is 44.8 Å². The number of hydrogen-bond acceptors (Lipinski definition) is 5. The van der Waals surface area contributed by atoms with Gasteiger partial charge in [-0.2, -0.15) is 15.8 Å². The number of nitrogens with zero attached hydrogens (tertiary/aromatic N) is 3. The molecule has 2 atom stereocenters. The van der Waals surface area contributed by atoms with Crippen molar-refractivity contribution >= 4 is 11.3 Å². The molecule has 1 aromatic rings. The molecule has 0 radical (unpaired) electrons. The zero-order valence-corrected chi connectivity index (χ0v) is 13.7. The molecule has 0 aliphatic heterocycles. The van der Waals surface area contributed by atoms with Crippen molar-refractivity contribution in [3.63, 3.8) is 0 Å². The Morgan fingerprint density at radius 3 is 2.57 bits per heavy atom. The van der Waals surface area contributed by atoms with Gasteiger partial charge in [-0.3, -0.25) is 0 Å². The first-order chi connectivity index (χ1) is 11.1. The number of allylic oxidation sites excluding steroid dienone is 4. The molecule has 0 unspecified atom stereocenters. The summed E-state index contributed by atoms with van der Waals surface area (Å²) in [6.45, 7) is 2.01. The second-order valence-electron chi connectivity index (χ2n) is 6.06. The van der Waals surface area contributed by atoms with E-state index in [2.05, 4.69) is 24.3 Å². The van der Waals surface area contributed by atoms with Crippen molar-refractivity contribution in [1.82, 2.24) is 0 Å². The van der Waals surface area contributed by atoms with Gasteiger partial charge in [-0.05, 0) is 49.8 Å². The molecule has 1 aromatic heterocycles. The second-order valence-corrected chi connectivity index (χ2v) is 7.37. The molecule has 2 aliphatic carbocycles. The Kier molecular flexibility index (Phi) is 3.72. The molecule has 0 bridgehead atoms. The third kappa shape index (κ3) is 2.07. The Bertz CT molecular complexity index is 824. The van der Waals surface area contributed by atoms with Crippen molar-refractivity contribution in [3.8, 4) is 18.2 Å². The van der Waals surface area contributed by atoms with E-state index in [1.165, 1.54) is 0 Å². The SMILES string of the molecule is Cc1ccc([C@H]2[C@@H]3CCCC=C3C(C#N)=C(N)C2(C#N)C#N)s1. The van der Waals surface area contributed by atoms with Gasteiger partial charge in [0.2, 0.25) is 0 Å². The average Bonchev–Trinajstić information content (AvgIpc) is 3.00. The Morgan fingerprint density at radius 1 is 1.26 bits per heavy atom. The third-order valence-electron chi connectivity index (χ3n) is 4.87. The fraction of sp³-hybridized carbons (Fsp3) is 0.389. The summed E-state index contributed by atoms with van der Waals surface area (Å²) in [6.07, 6.45) is 4.84. The van der Waals surface area contributed by atoms with Crippen LogP contribution in [-0.2, 0) is 0 Å². The van der Waals surface area contributed by atoms with Crippen molar-refractivity contribution in [2.75, 3.05) is 0 Å². The van der Waals surface area contributed by atoms with E-state index in [0.29, 0.717) is 5.57 Å². The molecule has 0 amide bonds. The highest BCUT2D eigenvalue weighted by Crippen LogP contribution is 2.56. The Hall–Kier alpha value is -2.55. The van der Waals surface area contributed by atoms with Crippen LogP contribution in [0.4, 0.5) is 0 Å². The maximum Gasteiger partial charge on any atom is 0.192 e. The van der Waals surface area contributed by atoms with Gasteiger partial charge in [0.15, 0.2) is 5.41 Å². The molecule has 114 valence electrons. The van der Waals surface area contributed by atoms with Crippen LogP contribution in [0.1, 0.15) is 34.9 Å². The summed E-state index contributed by atoms with van der Waals surface area (Å²) in [5.74, 6) is -0.303. The Labute approximate surface area is 139 Å². The molecule has 0 spiro atoms. The highest BCUT2D eigenvalue weighted by atomic mass is 32.1. The molecule has 0 fully saturated rings. The van der Waals surface area contributed by atoms with E-state index in [1.807, 2.05) is 19.1 Å². The quantitative estimate of drug-likeness (QED) is 0.854. The first-order valence-electron chi connectivity index (χ1n) is 7.58. The molecule has 1 heterocycles. The molecule has 0 saturated carbocycles. The zero-order chi connectivity index (χ0) is 16.6. The maximum absolute atomic E-state index is 9.84. The van der Waals surface area contributed by atoms with Crippen LogP contribution in [0.15, 0.2) is 35.1 Å². The molecular weight excluding hydrogens is 304 g/mol. The minimum Gasteiger partial charge on any atom is -0.399 e. The fourth-order valence-corrected chi connectivity index (χ4v) is 4.91. The van der Waals surface area contributed by atoms with Gasteiger partial charge >= 0.3 is 0 Å². The molecule has 3 rings (SSSR count). The van der Waals surface area contributed by atoms with Crippen LogP contribution >= 0.6 is 11.3 Å². The van der Waals surface area contributed by atoms with Gasteiger partial charge in [0.05, 0.1) is 23.4 Å². The summed E-state index contributed by atoms with van der Waals surface area (Å²) < 4.78 is 0. The fourth-order valence-electron chi connectivity index (χ4n) is 3.80. The summed E-state index contributed by atoms with van der Waals surface area (Å²) in [7, 11) is 0. The summed E-state index contributed by atoms with van der Waals surface area (Å²) in [5.41, 5.74) is 6.11. The number of nitrogens with two attached hydrogens (primary N) is 1. The maximum atomic E-state index is 9.84. The summed E-state index contributed by atoms with van der Waals surface area (Å²) >= 11 is 1.60. The van der Waals surface area contributed by atoms with Crippen molar-refractivity contribution in [2.24, 2.45) is 17.1 Å². The highest BCUT2D eigenvalue weighted by molar-refractivity contribution is 7.12. The van der Waals surface area contributed by atoms with E-state index in [1.54, 1.807) is 11.3 Å². The standard InChI is InChI=1S/C18H16N4S/c1-11-6-7-15(23-11)16-13-5-3-2-4-12(13)14(8-19)17(22)18(16,9-20)10-21/h4,6-7,13,16H,2-3,5,22H2,1H3/t13-,16-/m1/s1. The van der Waals surface area contributed by atoms with Gasteiger partial charge in [0.25, 0.3) is 0 Å². The topological polar surface area (TPSA) is 97.4 Å². The zero-order valence-electron chi connectivity index (χ0n) is 12.8. The van der Waals surface area contributed by atoms with Gasteiger partial charge in [-0.1, -0.05) is 6.08 Å². The molecule has 2 aliphatic rings. The normalized spacial score (nSPS) is 25.6. The first kappa shape index (κ1) is 15.3. The monoisotopic (exact) mass is 320 g/mol. The van der Waals surface area contributed by atoms with Crippen LogP contribution in [0, 0.1) is 52.2 Å². The first-order valence-corrected chi connectivity index (χ1v) is 8.40. The summed E-state index contributed by atoms with van der Waals surface area (Å²) in [5, 5.41) is 29.2. The minimum atomic E-state index is -1.47. The highest BCUT2D eigenvalue weighted by Gasteiger charge is 2.54. The van der Waals surface area contributed by atoms with Crippen LogP contribution in [-0.4, -0.2) is 0 Å². The van der Waals surface area contributed by atoms with Gasteiger partial charge in [-0.15, -0.1) is 11.3 Å². The number of hydrogen-bond donors (Lipinski definition) is 1. The van der Waals surface area contributed by atoms with Gasteiger partial charge < -0.3 is 5.73 Å². The Balaban J connectivity index is 2.33. The number of thiophene rings is 1. The van der Waals surface area contributed by atoms with Crippen LogP contribution in [0.25, 0.3) is 0 Å². The predicted octanol–water partition coefficient (Wildman–Crippen LogP) is 3.65. The lowest BCUT2D eigenvalue weighted by atomic mass is 9.58. The predicted molar refractivity (Wildman–Crippen MR) is 87.7 cm³/mol. The number of fused-ring (bicyclic) bond motifs is 1. The number of nitriles is 3. The lowest BCUT2D eigenvalue weighted by Crippen LogP contribution is -2.42. The number of aryl methyl sites for hydroxylation is 1. The third-order valence-corrected chi connectivity index (χ3v) is 5.95. The number of rotatable bonds is 1. The van der Waals surface area contributed by atoms with Gasteiger partial charge in [0, 0.05) is 15.7 Å². The van der Waals surface area contributed by atoms with Gasteiger partial charge in [0.1, 0.15) is 6.07 Å². The van der Waals surface area contributed by atoms with Crippen LogP contribution in [0.2, 0.25) is 0 Å². The van der Waals surface area contributed by atoms with Crippen molar-refractivity contribution < 1.29 is 0 Å². The molecule has 4 nitrogen and oxygen atoms in total. The van der Waals surface area contributed by atoms with E-state index < -0.39 is 5.41 Å². The molecule has 2 N–H and O–H groups in total. The van der Waals surface area contributed by atoms with E-state index in [0.717, 1.165) is 34.6 Å². The Morgan fingerprint density at radius 2 is 2.00 bits per heavy atom. The molecule has 23 heavy (non-hydrogen) atoms. The molecule has 0 aromatic carbocycles. The summed E-state index contributed by atoms with van der Waals surface area (Å²) in [6, 6.07) is 10.5. The molecule has 5 heteroatoms. The van der Waals surface area contributed by atoms with Crippen LogP contribution in [0.5, 0.6) is 0 Å². The largest absolute Gasteiger partial charge is 0.399 e. The van der Waals surface area contributed by atoms with Crippen molar-refractivity contribution in [2.45, 2.75) is 32.1 Å². The van der Waals surface area contributed by atoms with E-state index in [9.17, 15) is 15.8 Å².